The number of hydrogen-bond donors (Lipinski definition) is 1. The van der Waals surface area contributed by atoms with Crippen molar-refractivity contribution >= 4 is 23.0 Å². The number of amides is 1. The Kier molecular flexibility index (Phi) is 8.20. The molecule has 3 heterocycles. The number of aromatic nitrogens is 1. The zero-order chi connectivity index (χ0) is 24.9. The van der Waals surface area contributed by atoms with Gasteiger partial charge in [0.25, 0.3) is 5.91 Å². The monoisotopic (exact) mass is 499 g/mol. The van der Waals surface area contributed by atoms with E-state index in [-0.39, 0.29) is 11.4 Å². The summed E-state index contributed by atoms with van der Waals surface area (Å²) < 4.78 is 11.4. The Hall–Kier alpha value is -2.75. The van der Waals surface area contributed by atoms with Crippen LogP contribution in [-0.4, -0.2) is 77.6 Å². The van der Waals surface area contributed by atoms with E-state index in [1.54, 1.807) is 11.8 Å². The third kappa shape index (κ3) is 5.42. The second kappa shape index (κ2) is 11.3. The van der Waals surface area contributed by atoms with Crippen LogP contribution in [-0.2, 0) is 9.53 Å². The summed E-state index contributed by atoms with van der Waals surface area (Å²) in [6.07, 6.45) is 1.54. The van der Waals surface area contributed by atoms with Gasteiger partial charge in [-0.05, 0) is 32.8 Å². The first-order chi connectivity index (χ1) is 16.9. The smallest absolute Gasteiger partial charge is 0.290 e. The summed E-state index contributed by atoms with van der Waals surface area (Å²) in [5.74, 6) is -0.751. The third-order valence-corrected chi connectivity index (χ3v) is 7.38. The van der Waals surface area contributed by atoms with Gasteiger partial charge in [-0.25, -0.2) is 4.98 Å². The predicted octanol–water partition coefficient (Wildman–Crippen LogP) is 3.85. The molecule has 0 aliphatic carbocycles. The maximum Gasteiger partial charge on any atom is 0.290 e. The van der Waals surface area contributed by atoms with Gasteiger partial charge >= 0.3 is 0 Å². The molecule has 9 heteroatoms. The fourth-order valence-electron chi connectivity index (χ4n) is 4.64. The first kappa shape index (κ1) is 25.3. The number of thiazole rings is 1. The molecule has 1 fully saturated rings. The van der Waals surface area contributed by atoms with Crippen molar-refractivity contribution in [3.05, 3.63) is 56.7 Å². The van der Waals surface area contributed by atoms with Gasteiger partial charge in [0.05, 0.1) is 47.0 Å². The molecule has 1 amide bonds. The number of morpholine rings is 1. The lowest BCUT2D eigenvalue weighted by atomic mass is 9.94. The average Bonchev–Trinajstić information content (AvgIpc) is 3.33. The highest BCUT2D eigenvalue weighted by Gasteiger charge is 2.45. The van der Waals surface area contributed by atoms with Crippen molar-refractivity contribution in [1.82, 2.24) is 14.8 Å². The molecule has 2 aromatic rings. The standard InChI is InChI=1S/C26H33N3O5S/c1-4-14-34-20-9-6-5-8-19(20)22-21(23(30)25-17(2)27-18(3)35-25)24(31)26(32)29(22)11-7-10-28-12-15-33-16-13-28/h5-6,8-9,22,31H,4,7,10-16H2,1-3H3. The van der Waals surface area contributed by atoms with Gasteiger partial charge in [-0.15, -0.1) is 11.3 Å². The predicted molar refractivity (Wildman–Crippen MR) is 134 cm³/mol. The van der Waals surface area contributed by atoms with Crippen LogP contribution >= 0.6 is 11.3 Å². The molecule has 1 aromatic heterocycles. The number of nitrogens with zero attached hydrogens (tertiary/aromatic N) is 3. The molecular weight excluding hydrogens is 466 g/mol. The summed E-state index contributed by atoms with van der Waals surface area (Å²) in [5.41, 5.74) is 1.40. The molecule has 1 atom stereocenters. The van der Waals surface area contributed by atoms with Crippen molar-refractivity contribution in [2.75, 3.05) is 46.0 Å². The van der Waals surface area contributed by atoms with E-state index in [1.165, 1.54) is 11.3 Å². The van der Waals surface area contributed by atoms with E-state index >= 15 is 0 Å². The first-order valence-electron chi connectivity index (χ1n) is 12.2. The molecule has 2 aliphatic rings. The van der Waals surface area contributed by atoms with Crippen LogP contribution in [0.4, 0.5) is 0 Å². The van der Waals surface area contributed by atoms with E-state index in [0.717, 1.165) is 31.1 Å². The second-order valence-electron chi connectivity index (χ2n) is 8.83. The van der Waals surface area contributed by atoms with Crippen LogP contribution in [0.5, 0.6) is 5.75 Å². The molecule has 188 valence electrons. The lowest BCUT2D eigenvalue weighted by Gasteiger charge is -2.30. The minimum atomic E-state index is -0.727. The number of benzene rings is 1. The van der Waals surface area contributed by atoms with Crippen LogP contribution in [0.2, 0.25) is 0 Å². The van der Waals surface area contributed by atoms with E-state index in [4.69, 9.17) is 9.47 Å². The number of ketones is 1. The molecule has 1 aromatic carbocycles. The van der Waals surface area contributed by atoms with Gasteiger partial charge in [-0.1, -0.05) is 25.1 Å². The Morgan fingerprint density at radius 1 is 1.23 bits per heavy atom. The molecule has 1 N–H and O–H groups in total. The summed E-state index contributed by atoms with van der Waals surface area (Å²) in [6.45, 7) is 10.5. The fraction of sp³-hybridized carbons (Fsp3) is 0.500. The molecule has 1 saturated heterocycles. The zero-order valence-corrected chi connectivity index (χ0v) is 21.4. The molecule has 35 heavy (non-hydrogen) atoms. The Morgan fingerprint density at radius 2 is 1.97 bits per heavy atom. The molecule has 0 spiro atoms. The van der Waals surface area contributed by atoms with Gasteiger partial charge in [0.15, 0.2) is 5.76 Å². The van der Waals surface area contributed by atoms with Crippen molar-refractivity contribution in [3.63, 3.8) is 0 Å². The SMILES string of the molecule is CCCOc1ccccc1C1C(C(=O)c2sc(C)nc2C)=C(O)C(=O)N1CCCN1CCOCC1. The number of carbonyl (C=O) groups excluding carboxylic acids is 2. The van der Waals surface area contributed by atoms with Gasteiger partial charge in [0.2, 0.25) is 5.78 Å². The Labute approximate surface area is 210 Å². The average molecular weight is 500 g/mol. The fourth-order valence-corrected chi connectivity index (χ4v) is 5.52. The topological polar surface area (TPSA) is 92.2 Å². The van der Waals surface area contributed by atoms with Crippen molar-refractivity contribution in [2.45, 2.75) is 39.7 Å². The summed E-state index contributed by atoms with van der Waals surface area (Å²) in [6, 6.07) is 6.73. The number of Topliss-reactive ketones (excluding diaryl/α,β-unsaturated/α-hetero) is 1. The minimum Gasteiger partial charge on any atom is -0.503 e. The summed E-state index contributed by atoms with van der Waals surface area (Å²) >= 11 is 1.28. The Bertz CT molecular complexity index is 1110. The van der Waals surface area contributed by atoms with Crippen LogP contribution in [0.3, 0.4) is 0 Å². The van der Waals surface area contributed by atoms with Crippen LogP contribution in [0.15, 0.2) is 35.6 Å². The van der Waals surface area contributed by atoms with Gasteiger partial charge in [-0.3, -0.25) is 14.5 Å². The molecule has 0 saturated carbocycles. The minimum absolute atomic E-state index is 0.0978. The number of para-hydroxylation sites is 1. The van der Waals surface area contributed by atoms with E-state index in [9.17, 15) is 14.7 Å². The van der Waals surface area contributed by atoms with E-state index in [0.29, 0.717) is 54.7 Å². The van der Waals surface area contributed by atoms with Gasteiger partial charge in [0, 0.05) is 31.7 Å². The summed E-state index contributed by atoms with van der Waals surface area (Å²) in [5, 5.41) is 11.8. The number of ether oxygens (including phenoxy) is 2. The number of carbonyl (C=O) groups is 2. The van der Waals surface area contributed by atoms with Crippen molar-refractivity contribution in [1.29, 1.82) is 0 Å². The van der Waals surface area contributed by atoms with Crippen LogP contribution < -0.4 is 4.74 Å². The van der Waals surface area contributed by atoms with Crippen LogP contribution in [0.1, 0.15) is 51.7 Å². The van der Waals surface area contributed by atoms with Gasteiger partial charge in [-0.2, -0.15) is 0 Å². The van der Waals surface area contributed by atoms with Crippen molar-refractivity contribution in [3.8, 4) is 5.75 Å². The molecule has 4 rings (SSSR count). The second-order valence-corrected chi connectivity index (χ2v) is 10.0. The van der Waals surface area contributed by atoms with E-state index < -0.39 is 17.7 Å². The van der Waals surface area contributed by atoms with E-state index in [1.807, 2.05) is 38.1 Å². The Balaban J connectivity index is 1.68. The lowest BCUT2D eigenvalue weighted by Crippen LogP contribution is -2.39. The lowest BCUT2D eigenvalue weighted by molar-refractivity contribution is -0.129. The highest BCUT2D eigenvalue weighted by Crippen LogP contribution is 2.43. The number of aliphatic hydroxyl groups is 1. The largest absolute Gasteiger partial charge is 0.503 e. The maximum atomic E-state index is 13.7. The highest BCUT2D eigenvalue weighted by molar-refractivity contribution is 7.14. The normalized spacial score (nSPS) is 19.0. The summed E-state index contributed by atoms with van der Waals surface area (Å²) in [4.78, 5) is 35.8. The maximum absolute atomic E-state index is 13.7. The van der Waals surface area contributed by atoms with Gasteiger partial charge in [0.1, 0.15) is 5.75 Å². The van der Waals surface area contributed by atoms with Crippen molar-refractivity contribution in [2.24, 2.45) is 0 Å². The molecule has 0 bridgehead atoms. The zero-order valence-electron chi connectivity index (χ0n) is 20.6. The summed E-state index contributed by atoms with van der Waals surface area (Å²) in [7, 11) is 0. The first-order valence-corrected chi connectivity index (χ1v) is 13.0. The van der Waals surface area contributed by atoms with E-state index in [2.05, 4.69) is 9.88 Å². The molecule has 2 aliphatic heterocycles. The molecule has 0 radical (unpaired) electrons. The van der Waals surface area contributed by atoms with Crippen LogP contribution in [0.25, 0.3) is 0 Å². The van der Waals surface area contributed by atoms with Gasteiger partial charge < -0.3 is 19.5 Å². The Morgan fingerprint density at radius 3 is 2.66 bits per heavy atom. The molecule has 1 unspecified atom stereocenters. The number of aryl methyl sites for hydroxylation is 2. The number of hydrogen-bond acceptors (Lipinski definition) is 8. The highest BCUT2D eigenvalue weighted by atomic mass is 32.1. The quantitative estimate of drug-likeness (QED) is 0.497. The molecular formula is C26H33N3O5S. The molecule has 8 nitrogen and oxygen atoms in total. The van der Waals surface area contributed by atoms with Crippen molar-refractivity contribution < 1.29 is 24.2 Å². The number of aliphatic hydroxyl groups excluding tert-OH is 1. The third-order valence-electron chi connectivity index (χ3n) is 6.31. The number of rotatable bonds is 10. The van der Waals surface area contributed by atoms with Crippen LogP contribution in [0, 0.1) is 13.8 Å².